The van der Waals surface area contributed by atoms with Gasteiger partial charge in [0.2, 0.25) is 7.44 Å². The van der Waals surface area contributed by atoms with Crippen molar-refractivity contribution in [3.8, 4) is 0 Å². The van der Waals surface area contributed by atoms with E-state index < -0.39 is 7.44 Å². The maximum absolute atomic E-state index is 12.6. The highest BCUT2D eigenvalue weighted by Gasteiger charge is 2.31. The van der Waals surface area contributed by atoms with Crippen LogP contribution in [-0.4, -0.2) is 41.8 Å². The van der Waals surface area contributed by atoms with Crippen LogP contribution in [0.4, 0.5) is 0 Å². The van der Waals surface area contributed by atoms with E-state index >= 15 is 0 Å². The van der Waals surface area contributed by atoms with Gasteiger partial charge in [0.1, 0.15) is 0 Å². The minimum atomic E-state index is -2.48. The third-order valence-corrected chi connectivity index (χ3v) is 5.96. The smallest absolute Gasteiger partial charge is 0.229 e. The molecule has 0 aromatic rings. The van der Waals surface area contributed by atoms with Crippen molar-refractivity contribution in [2.75, 3.05) is 32.5 Å². The zero-order valence-electron chi connectivity index (χ0n) is 9.86. The van der Waals surface area contributed by atoms with Crippen molar-refractivity contribution in [1.29, 1.82) is 0 Å². The van der Waals surface area contributed by atoms with Crippen LogP contribution < -0.4 is 5.73 Å². The maximum atomic E-state index is 12.6. The van der Waals surface area contributed by atoms with Gasteiger partial charge in [-0.15, -0.1) is 0 Å². The first-order valence-corrected chi connectivity index (χ1v) is 7.20. The molecule has 0 aliphatic carbocycles. The number of hydrogen-bond acceptors (Lipinski definition) is 2. The molecule has 0 atom stereocenters. The van der Waals surface area contributed by atoms with Crippen molar-refractivity contribution in [3.63, 3.8) is 0 Å². The lowest BCUT2D eigenvalue weighted by Gasteiger charge is -2.36. The molecule has 14 heavy (non-hydrogen) atoms. The lowest BCUT2D eigenvalue weighted by atomic mass is 10.7. The lowest BCUT2D eigenvalue weighted by Crippen LogP contribution is -2.35. The summed E-state index contributed by atoms with van der Waals surface area (Å²) in [5, 5.41) is 0. The average Bonchev–Trinajstić information content (AvgIpc) is 2.21. The van der Waals surface area contributed by atoms with Gasteiger partial charge in [0.25, 0.3) is 0 Å². The normalized spacial score (nSPS) is 12.8. The second kappa shape index (κ2) is 6.57. The van der Waals surface area contributed by atoms with Gasteiger partial charge in [-0.05, 0) is 0 Å². The van der Waals surface area contributed by atoms with Crippen LogP contribution in [-0.2, 0) is 4.57 Å². The molecular formula is C9H24N3OP. The van der Waals surface area contributed by atoms with Crippen LogP contribution in [0.2, 0.25) is 0 Å². The third-order valence-electron chi connectivity index (χ3n) is 2.58. The van der Waals surface area contributed by atoms with Gasteiger partial charge in [0.05, 0.1) is 6.29 Å². The van der Waals surface area contributed by atoms with Crippen molar-refractivity contribution >= 4 is 7.44 Å². The van der Waals surface area contributed by atoms with E-state index in [1.165, 1.54) is 0 Å². The predicted octanol–water partition coefficient (Wildman–Crippen LogP) is 1.78. The summed E-state index contributed by atoms with van der Waals surface area (Å²) in [6, 6.07) is 0. The van der Waals surface area contributed by atoms with E-state index in [0.29, 0.717) is 0 Å². The molecule has 86 valence electrons. The summed E-state index contributed by atoms with van der Waals surface area (Å²) < 4.78 is 16.6. The van der Waals surface area contributed by atoms with Gasteiger partial charge in [-0.3, -0.25) is 4.57 Å². The van der Waals surface area contributed by atoms with E-state index in [1.54, 1.807) is 0 Å². The van der Waals surface area contributed by atoms with E-state index in [0.717, 1.165) is 26.2 Å². The minimum Gasteiger partial charge on any atom is -0.322 e. The maximum Gasteiger partial charge on any atom is 0.229 e. The quantitative estimate of drug-likeness (QED) is 0.666. The number of nitrogens with zero attached hydrogens (tertiary/aromatic N) is 2. The molecule has 0 amide bonds. The van der Waals surface area contributed by atoms with Crippen molar-refractivity contribution in [3.05, 3.63) is 0 Å². The summed E-state index contributed by atoms with van der Waals surface area (Å²) in [6.45, 7) is 11.3. The Labute approximate surface area is 87.9 Å². The van der Waals surface area contributed by atoms with Crippen LogP contribution in [0.15, 0.2) is 0 Å². The van der Waals surface area contributed by atoms with Gasteiger partial charge in [-0.2, -0.15) is 0 Å². The second-order valence-corrected chi connectivity index (χ2v) is 5.95. The Morgan fingerprint density at radius 1 is 0.929 bits per heavy atom. The summed E-state index contributed by atoms with van der Waals surface area (Å²) >= 11 is 0. The molecule has 0 rings (SSSR count). The number of hydrogen-bond donors (Lipinski definition) is 1. The van der Waals surface area contributed by atoms with Crippen LogP contribution in [0.5, 0.6) is 0 Å². The highest BCUT2D eigenvalue weighted by Crippen LogP contribution is 2.50. The molecule has 0 saturated heterocycles. The van der Waals surface area contributed by atoms with E-state index in [-0.39, 0.29) is 6.29 Å². The molecule has 0 radical (unpaired) electrons. The van der Waals surface area contributed by atoms with Crippen LogP contribution in [0.1, 0.15) is 27.7 Å². The van der Waals surface area contributed by atoms with Gasteiger partial charge in [-0.1, -0.05) is 27.7 Å². The Morgan fingerprint density at radius 2 is 1.21 bits per heavy atom. The van der Waals surface area contributed by atoms with Gasteiger partial charge < -0.3 is 5.73 Å². The molecule has 4 nitrogen and oxygen atoms in total. The lowest BCUT2D eigenvalue weighted by molar-refractivity contribution is 0.359. The van der Waals surface area contributed by atoms with Crippen molar-refractivity contribution in [1.82, 2.24) is 9.34 Å². The fraction of sp³-hybridized carbons (Fsp3) is 1.00. The summed E-state index contributed by atoms with van der Waals surface area (Å²) in [6.07, 6.45) is 0.246. The van der Waals surface area contributed by atoms with Crippen LogP contribution in [0.3, 0.4) is 0 Å². The third kappa shape index (κ3) is 2.80. The van der Waals surface area contributed by atoms with Crippen molar-refractivity contribution in [2.24, 2.45) is 5.73 Å². The summed E-state index contributed by atoms with van der Waals surface area (Å²) in [5.74, 6) is 0. The predicted molar refractivity (Wildman–Crippen MR) is 62.5 cm³/mol. The van der Waals surface area contributed by atoms with Crippen LogP contribution in [0.25, 0.3) is 0 Å². The zero-order chi connectivity index (χ0) is 11.2. The van der Waals surface area contributed by atoms with E-state index in [2.05, 4.69) is 0 Å². The minimum absolute atomic E-state index is 0.246. The van der Waals surface area contributed by atoms with Gasteiger partial charge >= 0.3 is 0 Å². The van der Waals surface area contributed by atoms with Gasteiger partial charge in [-0.25, -0.2) is 9.34 Å². The first-order valence-electron chi connectivity index (χ1n) is 5.40. The van der Waals surface area contributed by atoms with Crippen LogP contribution >= 0.6 is 7.44 Å². The highest BCUT2D eigenvalue weighted by atomic mass is 31.2. The van der Waals surface area contributed by atoms with Crippen LogP contribution in [0, 0.1) is 0 Å². The van der Waals surface area contributed by atoms with E-state index in [9.17, 15) is 4.57 Å². The average molecular weight is 221 g/mol. The summed E-state index contributed by atoms with van der Waals surface area (Å²) in [4.78, 5) is 0. The molecule has 0 spiro atoms. The molecule has 0 aliphatic heterocycles. The molecule has 0 aromatic carbocycles. The standard InChI is InChI=1S/C9H24N3OP/c1-5-11(6-2)14(13,9-10)12(7-3)8-4/h5-10H2,1-4H3. The summed E-state index contributed by atoms with van der Waals surface area (Å²) in [5.41, 5.74) is 5.66. The topological polar surface area (TPSA) is 49.6 Å². The largest absolute Gasteiger partial charge is 0.322 e. The van der Waals surface area contributed by atoms with Crippen molar-refractivity contribution < 1.29 is 4.57 Å². The Morgan fingerprint density at radius 3 is 1.36 bits per heavy atom. The molecule has 0 heterocycles. The number of nitrogens with two attached hydrogens (primary N) is 1. The van der Waals surface area contributed by atoms with E-state index in [4.69, 9.17) is 5.73 Å². The first-order chi connectivity index (χ1) is 6.60. The second-order valence-electron chi connectivity index (χ2n) is 3.13. The monoisotopic (exact) mass is 221 g/mol. The number of rotatable bonds is 7. The Kier molecular flexibility index (Phi) is 6.62. The fourth-order valence-electron chi connectivity index (χ4n) is 1.74. The summed E-state index contributed by atoms with van der Waals surface area (Å²) in [7, 11) is -2.48. The molecule has 0 aromatic heterocycles. The molecule has 0 bridgehead atoms. The molecule has 2 N–H and O–H groups in total. The molecule has 0 fully saturated rings. The zero-order valence-corrected chi connectivity index (χ0v) is 10.8. The highest BCUT2D eigenvalue weighted by molar-refractivity contribution is 7.59. The Hall–Kier alpha value is 0.110. The van der Waals surface area contributed by atoms with Crippen molar-refractivity contribution in [2.45, 2.75) is 27.7 Å². The molecule has 0 unspecified atom stereocenters. The first kappa shape index (κ1) is 14.1. The van der Waals surface area contributed by atoms with Gasteiger partial charge in [0, 0.05) is 26.2 Å². The van der Waals surface area contributed by atoms with E-state index in [1.807, 2.05) is 37.0 Å². The fourth-order valence-corrected chi connectivity index (χ4v) is 4.33. The van der Waals surface area contributed by atoms with Gasteiger partial charge in [0.15, 0.2) is 0 Å². The molecule has 0 saturated carbocycles. The molecule has 5 heteroatoms. The molecular weight excluding hydrogens is 197 g/mol. The Balaban J connectivity index is 4.83. The SMILES string of the molecule is CCN(CC)P(=O)(CN)N(CC)CC. The Bertz CT molecular complexity index is 174. The molecule has 0 aliphatic rings.